The molecule has 0 bridgehead atoms. The lowest BCUT2D eigenvalue weighted by atomic mass is 9.79. The molecule has 3 N–H and O–H groups in total. The third-order valence-corrected chi connectivity index (χ3v) is 7.12. The summed E-state index contributed by atoms with van der Waals surface area (Å²) < 4.78 is 10.7. The van der Waals surface area contributed by atoms with Gasteiger partial charge in [-0.15, -0.1) is 0 Å². The zero-order chi connectivity index (χ0) is 22.9. The molecule has 2 heterocycles. The number of carbonyl (C=O) groups excluding carboxylic acids is 2. The molecule has 2 aliphatic rings. The Morgan fingerprint density at radius 1 is 1.28 bits per heavy atom. The number of ether oxygens (including phenoxy) is 2. The van der Waals surface area contributed by atoms with E-state index in [1.165, 1.54) is 7.11 Å². The van der Waals surface area contributed by atoms with Gasteiger partial charge in [-0.2, -0.15) is 11.8 Å². The topological polar surface area (TPSA) is 88.7 Å². The summed E-state index contributed by atoms with van der Waals surface area (Å²) in [6.45, 7) is 0. The first-order valence-corrected chi connectivity index (χ1v) is 12.1. The first-order chi connectivity index (χ1) is 15.4. The number of nitrogens with one attached hydrogen (secondary N) is 3. The molecule has 0 aromatic heterocycles. The number of carbonyl (C=O) groups is 2. The van der Waals surface area contributed by atoms with Crippen LogP contribution in [-0.2, 0) is 15.1 Å². The maximum absolute atomic E-state index is 13.6. The van der Waals surface area contributed by atoms with E-state index in [1.807, 2.05) is 12.3 Å². The fraction of sp³-hybridized carbons (Fsp3) is 0.391. The van der Waals surface area contributed by atoms with Crippen LogP contribution in [-0.4, -0.2) is 44.1 Å². The fourth-order valence-electron chi connectivity index (χ4n) is 4.63. The summed E-state index contributed by atoms with van der Waals surface area (Å²) in [5.41, 5.74) is 0.581. The molecule has 7 nitrogen and oxygen atoms in total. The van der Waals surface area contributed by atoms with E-state index in [-0.39, 0.29) is 17.9 Å². The molecule has 9 heteroatoms. The normalized spacial score (nSPS) is 23.7. The summed E-state index contributed by atoms with van der Waals surface area (Å²) in [4.78, 5) is 27.0. The summed E-state index contributed by atoms with van der Waals surface area (Å²) >= 11 is 8.11. The van der Waals surface area contributed by atoms with Gasteiger partial charge in [0.25, 0.3) is 0 Å². The fourth-order valence-corrected chi connectivity index (χ4v) is 5.37. The van der Waals surface area contributed by atoms with E-state index in [1.54, 1.807) is 49.2 Å². The Bertz CT molecular complexity index is 1050. The zero-order valence-corrected chi connectivity index (χ0v) is 19.7. The van der Waals surface area contributed by atoms with Crippen LogP contribution in [0.2, 0.25) is 5.02 Å². The van der Waals surface area contributed by atoms with Gasteiger partial charge in [-0.3, -0.25) is 14.9 Å². The van der Waals surface area contributed by atoms with E-state index < -0.39 is 11.5 Å². The van der Waals surface area contributed by atoms with Crippen molar-refractivity contribution in [3.63, 3.8) is 0 Å². The highest BCUT2D eigenvalue weighted by atomic mass is 35.5. The molecule has 2 aromatic rings. The molecule has 3 atom stereocenters. The quantitative estimate of drug-likeness (QED) is 0.563. The molecular formula is C23H26ClN3O4S. The largest absolute Gasteiger partial charge is 0.497 e. The molecule has 1 fully saturated rings. The lowest BCUT2D eigenvalue weighted by Crippen LogP contribution is -2.52. The SMILES string of the molecule is COc1ccc(OC)c(NC(=O)[C@H]2C[C@@H](CCSC)N[C@]23C(=O)Nc2c(Cl)cccc23)c1. The van der Waals surface area contributed by atoms with Crippen LogP contribution in [0.4, 0.5) is 11.4 Å². The van der Waals surface area contributed by atoms with Crippen LogP contribution in [0, 0.1) is 5.92 Å². The van der Waals surface area contributed by atoms with Crippen LogP contribution in [0.25, 0.3) is 0 Å². The second-order valence-corrected chi connectivity index (χ2v) is 9.28. The molecule has 2 aromatic carbocycles. The Hall–Kier alpha value is -2.42. The van der Waals surface area contributed by atoms with Crippen LogP contribution >= 0.6 is 23.4 Å². The van der Waals surface area contributed by atoms with Gasteiger partial charge in [-0.05, 0) is 43.0 Å². The number of anilines is 2. The molecule has 32 heavy (non-hydrogen) atoms. The van der Waals surface area contributed by atoms with Gasteiger partial charge in [-0.25, -0.2) is 0 Å². The van der Waals surface area contributed by atoms with Gasteiger partial charge >= 0.3 is 0 Å². The number of fused-ring (bicyclic) bond motifs is 2. The van der Waals surface area contributed by atoms with Crippen LogP contribution in [0.5, 0.6) is 11.5 Å². The Morgan fingerprint density at radius 3 is 2.81 bits per heavy atom. The first-order valence-electron chi connectivity index (χ1n) is 10.3. The maximum Gasteiger partial charge on any atom is 0.250 e. The van der Waals surface area contributed by atoms with Crippen LogP contribution in [0.15, 0.2) is 36.4 Å². The number of methoxy groups -OCH3 is 2. The molecule has 4 rings (SSSR count). The average Bonchev–Trinajstić information content (AvgIpc) is 3.32. The smallest absolute Gasteiger partial charge is 0.250 e. The minimum Gasteiger partial charge on any atom is -0.497 e. The van der Waals surface area contributed by atoms with Crippen LogP contribution in [0.1, 0.15) is 18.4 Å². The van der Waals surface area contributed by atoms with Crippen molar-refractivity contribution in [3.8, 4) is 11.5 Å². The van der Waals surface area contributed by atoms with Crippen molar-refractivity contribution in [3.05, 3.63) is 47.0 Å². The predicted octanol–water partition coefficient (Wildman–Crippen LogP) is 3.87. The second-order valence-electron chi connectivity index (χ2n) is 7.89. The molecule has 0 aliphatic carbocycles. The van der Waals surface area contributed by atoms with Crippen LogP contribution in [0.3, 0.4) is 0 Å². The molecule has 1 spiro atoms. The molecule has 2 aliphatic heterocycles. The van der Waals surface area contributed by atoms with Gasteiger partial charge in [0, 0.05) is 17.7 Å². The maximum atomic E-state index is 13.6. The molecule has 1 saturated heterocycles. The van der Waals surface area contributed by atoms with Gasteiger partial charge in [0.2, 0.25) is 11.8 Å². The number of thioether (sulfide) groups is 1. The molecule has 170 valence electrons. The number of para-hydroxylation sites is 1. The minimum atomic E-state index is -1.18. The van der Waals surface area contributed by atoms with E-state index in [4.69, 9.17) is 21.1 Å². The molecular weight excluding hydrogens is 450 g/mol. The number of amides is 2. The third kappa shape index (κ3) is 3.80. The highest BCUT2D eigenvalue weighted by molar-refractivity contribution is 7.98. The highest BCUT2D eigenvalue weighted by Gasteiger charge is 2.60. The summed E-state index contributed by atoms with van der Waals surface area (Å²) in [6.07, 6.45) is 3.41. The van der Waals surface area contributed by atoms with Gasteiger partial charge in [0.1, 0.15) is 17.0 Å². The van der Waals surface area contributed by atoms with E-state index in [0.29, 0.717) is 39.9 Å². The standard InChI is InChI=1S/C23H26ClN3O4S/c1-30-14-7-8-19(31-2)18(12-14)25-21(28)16-11-13(9-10-32-3)27-23(16)15-5-4-6-17(24)20(15)26-22(23)29/h4-8,12-13,16,27H,9-11H2,1-3H3,(H,25,28)(H,26,29)/t13-,16-,23+/m1/s1. The Labute approximate surface area is 196 Å². The molecule has 0 radical (unpaired) electrons. The van der Waals surface area contributed by atoms with Crippen molar-refractivity contribution in [2.24, 2.45) is 5.92 Å². The van der Waals surface area contributed by atoms with Gasteiger partial charge in [-0.1, -0.05) is 23.7 Å². The number of halogens is 1. The second kappa shape index (κ2) is 9.21. The van der Waals surface area contributed by atoms with Gasteiger partial charge in [0.05, 0.1) is 36.5 Å². The molecule has 0 unspecified atom stereocenters. The highest BCUT2D eigenvalue weighted by Crippen LogP contribution is 2.50. The van der Waals surface area contributed by atoms with Gasteiger partial charge < -0.3 is 20.1 Å². The monoisotopic (exact) mass is 475 g/mol. The lowest BCUT2D eigenvalue weighted by Gasteiger charge is -2.29. The summed E-state index contributed by atoms with van der Waals surface area (Å²) in [5.74, 6) is 0.871. The van der Waals surface area contributed by atoms with Crippen molar-refractivity contribution in [1.82, 2.24) is 5.32 Å². The Morgan fingerprint density at radius 2 is 2.09 bits per heavy atom. The van der Waals surface area contributed by atoms with E-state index >= 15 is 0 Å². The first kappa shape index (κ1) is 22.8. The zero-order valence-electron chi connectivity index (χ0n) is 18.2. The number of hydrogen-bond acceptors (Lipinski definition) is 6. The van der Waals surface area contributed by atoms with Crippen LogP contribution < -0.4 is 25.4 Å². The van der Waals surface area contributed by atoms with Crippen molar-refractivity contribution in [2.75, 3.05) is 36.9 Å². The Kier molecular flexibility index (Phi) is 6.55. The van der Waals surface area contributed by atoms with E-state index in [2.05, 4.69) is 16.0 Å². The third-order valence-electron chi connectivity index (χ3n) is 6.16. The summed E-state index contributed by atoms with van der Waals surface area (Å²) in [5, 5.41) is 9.83. The van der Waals surface area contributed by atoms with Crippen molar-refractivity contribution in [1.29, 1.82) is 0 Å². The number of rotatable bonds is 7. The summed E-state index contributed by atoms with van der Waals surface area (Å²) in [6, 6.07) is 10.6. The van der Waals surface area contributed by atoms with Crippen molar-refractivity contribution in [2.45, 2.75) is 24.4 Å². The molecule has 0 saturated carbocycles. The van der Waals surface area contributed by atoms with E-state index in [9.17, 15) is 9.59 Å². The predicted molar refractivity (Wildman–Crippen MR) is 128 cm³/mol. The summed E-state index contributed by atoms with van der Waals surface area (Å²) in [7, 11) is 3.10. The molecule has 2 amide bonds. The van der Waals surface area contributed by atoms with E-state index in [0.717, 1.165) is 12.2 Å². The van der Waals surface area contributed by atoms with Crippen molar-refractivity contribution < 1.29 is 19.1 Å². The minimum absolute atomic E-state index is 0.0149. The van der Waals surface area contributed by atoms with Gasteiger partial charge in [0.15, 0.2) is 0 Å². The van der Waals surface area contributed by atoms with Crippen molar-refractivity contribution >= 4 is 46.6 Å². The number of hydrogen-bond donors (Lipinski definition) is 3. The lowest BCUT2D eigenvalue weighted by molar-refractivity contribution is -0.130. The number of benzene rings is 2. The average molecular weight is 476 g/mol. The Balaban J connectivity index is 1.72.